The normalized spacial score (nSPS) is 10.7. The molecule has 2 aromatic rings. The van der Waals surface area contributed by atoms with Crippen molar-refractivity contribution in [3.8, 4) is 5.88 Å². The van der Waals surface area contributed by atoms with Crippen molar-refractivity contribution in [3.63, 3.8) is 0 Å². The fourth-order valence-electron chi connectivity index (χ4n) is 1.45. The van der Waals surface area contributed by atoms with Crippen LogP contribution in [0.3, 0.4) is 0 Å². The monoisotopic (exact) mass is 224 g/mol. The summed E-state index contributed by atoms with van der Waals surface area (Å²) >= 11 is 4.03. The SMILES string of the molecule is O=C(O)c1nc(CS)n2c(O)cccc12. The summed E-state index contributed by atoms with van der Waals surface area (Å²) < 4.78 is 1.37. The van der Waals surface area contributed by atoms with E-state index in [2.05, 4.69) is 17.6 Å². The Bertz CT molecular complexity index is 535. The lowest BCUT2D eigenvalue weighted by molar-refractivity contribution is 0.0693. The number of aromatic hydroxyl groups is 1. The fraction of sp³-hybridized carbons (Fsp3) is 0.111. The van der Waals surface area contributed by atoms with Crippen LogP contribution in [0.2, 0.25) is 0 Å². The molecule has 2 N–H and O–H groups in total. The number of aromatic carboxylic acids is 1. The van der Waals surface area contributed by atoms with Crippen LogP contribution in [0.4, 0.5) is 0 Å². The van der Waals surface area contributed by atoms with Gasteiger partial charge in [0, 0.05) is 5.75 Å². The standard InChI is InChI=1S/C9H8N2O3S/c12-7-3-1-2-5-8(9(13)14)10-6(4-15)11(5)7/h1-3,12,15H,4H2,(H,13,14). The first-order valence-corrected chi connectivity index (χ1v) is 4.82. The second kappa shape index (κ2) is 3.47. The summed E-state index contributed by atoms with van der Waals surface area (Å²) in [5.41, 5.74) is 0.293. The van der Waals surface area contributed by atoms with Gasteiger partial charge in [0.15, 0.2) is 11.6 Å². The number of carboxylic acid groups (broad SMARTS) is 1. The summed E-state index contributed by atoms with van der Waals surface area (Å²) in [6, 6.07) is 4.62. The Morgan fingerprint density at radius 2 is 2.27 bits per heavy atom. The number of hydrogen-bond acceptors (Lipinski definition) is 4. The van der Waals surface area contributed by atoms with Crippen LogP contribution in [0.5, 0.6) is 5.88 Å². The average molecular weight is 224 g/mol. The largest absolute Gasteiger partial charge is 0.494 e. The van der Waals surface area contributed by atoms with E-state index in [1.165, 1.54) is 10.5 Å². The minimum absolute atomic E-state index is 0.0449. The van der Waals surface area contributed by atoms with E-state index in [4.69, 9.17) is 5.11 Å². The Morgan fingerprint density at radius 1 is 1.53 bits per heavy atom. The number of fused-ring (bicyclic) bond motifs is 1. The zero-order chi connectivity index (χ0) is 11.0. The minimum atomic E-state index is -1.12. The molecule has 78 valence electrons. The molecule has 2 rings (SSSR count). The number of aromatic nitrogens is 2. The van der Waals surface area contributed by atoms with Gasteiger partial charge in [-0.1, -0.05) is 6.07 Å². The van der Waals surface area contributed by atoms with Crippen molar-refractivity contribution in [3.05, 3.63) is 29.7 Å². The third-order valence-electron chi connectivity index (χ3n) is 2.05. The minimum Gasteiger partial charge on any atom is -0.494 e. The van der Waals surface area contributed by atoms with Gasteiger partial charge in [-0.3, -0.25) is 4.40 Å². The van der Waals surface area contributed by atoms with Gasteiger partial charge in [-0.25, -0.2) is 9.78 Å². The summed E-state index contributed by atoms with van der Waals surface area (Å²) in [7, 11) is 0. The first kappa shape index (κ1) is 9.85. The van der Waals surface area contributed by atoms with E-state index in [0.29, 0.717) is 11.3 Å². The topological polar surface area (TPSA) is 74.8 Å². The molecule has 0 bridgehead atoms. The van der Waals surface area contributed by atoms with Crippen molar-refractivity contribution >= 4 is 24.1 Å². The molecule has 0 spiro atoms. The molecule has 0 fully saturated rings. The second-order valence-corrected chi connectivity index (χ2v) is 3.26. The molecule has 0 unspecified atom stereocenters. The molecule has 0 amide bonds. The molecular weight excluding hydrogens is 216 g/mol. The quantitative estimate of drug-likeness (QED) is 0.669. The van der Waals surface area contributed by atoms with E-state index in [0.717, 1.165) is 0 Å². The highest BCUT2D eigenvalue weighted by atomic mass is 32.1. The molecular formula is C9H8N2O3S. The van der Waals surface area contributed by atoms with E-state index < -0.39 is 5.97 Å². The van der Waals surface area contributed by atoms with Crippen molar-refractivity contribution in [2.24, 2.45) is 0 Å². The summed E-state index contributed by atoms with van der Waals surface area (Å²) in [6.07, 6.45) is 0. The average Bonchev–Trinajstić information content (AvgIpc) is 2.58. The number of thiol groups is 1. The number of carboxylic acids is 1. The molecule has 0 saturated carbocycles. The van der Waals surface area contributed by atoms with Crippen molar-refractivity contribution < 1.29 is 15.0 Å². The molecule has 0 aliphatic heterocycles. The molecule has 0 aliphatic rings. The highest BCUT2D eigenvalue weighted by Gasteiger charge is 2.17. The summed E-state index contributed by atoms with van der Waals surface area (Å²) in [6.45, 7) is 0. The van der Waals surface area contributed by atoms with Crippen LogP contribution in [0, 0.1) is 0 Å². The number of nitrogens with zero attached hydrogens (tertiary/aromatic N) is 2. The third-order valence-corrected chi connectivity index (χ3v) is 2.34. The molecule has 2 aromatic heterocycles. The summed E-state index contributed by atoms with van der Waals surface area (Å²) in [5.74, 6) is -0.502. The molecule has 0 atom stereocenters. The maximum absolute atomic E-state index is 10.9. The van der Waals surface area contributed by atoms with Crippen LogP contribution in [0.15, 0.2) is 18.2 Å². The van der Waals surface area contributed by atoms with Gasteiger partial charge in [-0.2, -0.15) is 12.6 Å². The molecule has 0 aromatic carbocycles. The molecule has 0 aliphatic carbocycles. The predicted molar refractivity (Wildman–Crippen MR) is 56.5 cm³/mol. The van der Waals surface area contributed by atoms with Gasteiger partial charge in [0.25, 0.3) is 0 Å². The predicted octanol–water partition coefficient (Wildman–Crippen LogP) is 1.17. The van der Waals surface area contributed by atoms with Crippen LogP contribution in [-0.4, -0.2) is 25.6 Å². The molecule has 2 heterocycles. The Kier molecular flexibility index (Phi) is 2.28. The van der Waals surface area contributed by atoms with Crippen LogP contribution >= 0.6 is 12.6 Å². The Labute approximate surface area is 90.4 Å². The molecule has 6 heteroatoms. The highest BCUT2D eigenvalue weighted by molar-refractivity contribution is 7.79. The number of carbonyl (C=O) groups is 1. The van der Waals surface area contributed by atoms with E-state index in [-0.39, 0.29) is 17.3 Å². The third kappa shape index (κ3) is 1.42. The molecule has 0 radical (unpaired) electrons. The van der Waals surface area contributed by atoms with Crippen molar-refractivity contribution in [2.45, 2.75) is 5.75 Å². The van der Waals surface area contributed by atoms with Gasteiger partial charge in [0.1, 0.15) is 5.82 Å². The first-order chi connectivity index (χ1) is 7.15. The van der Waals surface area contributed by atoms with Gasteiger partial charge in [0.2, 0.25) is 0 Å². The van der Waals surface area contributed by atoms with Crippen LogP contribution in [0.25, 0.3) is 5.52 Å². The van der Waals surface area contributed by atoms with Crippen LogP contribution in [0.1, 0.15) is 16.3 Å². The van der Waals surface area contributed by atoms with E-state index >= 15 is 0 Å². The van der Waals surface area contributed by atoms with Gasteiger partial charge < -0.3 is 10.2 Å². The highest BCUT2D eigenvalue weighted by Crippen LogP contribution is 2.20. The molecule has 0 saturated heterocycles. The van der Waals surface area contributed by atoms with Crippen LogP contribution < -0.4 is 0 Å². The van der Waals surface area contributed by atoms with Gasteiger partial charge >= 0.3 is 5.97 Å². The molecule has 15 heavy (non-hydrogen) atoms. The second-order valence-electron chi connectivity index (χ2n) is 2.94. The first-order valence-electron chi connectivity index (χ1n) is 4.18. The number of rotatable bonds is 2. The molecule has 5 nitrogen and oxygen atoms in total. The lowest BCUT2D eigenvalue weighted by atomic mass is 10.3. The van der Waals surface area contributed by atoms with Gasteiger partial charge in [0.05, 0.1) is 5.52 Å². The number of hydrogen-bond donors (Lipinski definition) is 3. The van der Waals surface area contributed by atoms with E-state index in [1.807, 2.05) is 0 Å². The van der Waals surface area contributed by atoms with Crippen LogP contribution in [-0.2, 0) is 5.75 Å². The van der Waals surface area contributed by atoms with Crippen molar-refractivity contribution in [1.29, 1.82) is 0 Å². The van der Waals surface area contributed by atoms with Crippen molar-refractivity contribution in [2.75, 3.05) is 0 Å². The smallest absolute Gasteiger partial charge is 0.356 e. The zero-order valence-corrected chi connectivity index (χ0v) is 8.48. The zero-order valence-electron chi connectivity index (χ0n) is 7.58. The lowest BCUT2D eigenvalue weighted by Crippen LogP contribution is -1.97. The Hall–Kier alpha value is -1.69. The Morgan fingerprint density at radius 3 is 2.87 bits per heavy atom. The lowest BCUT2D eigenvalue weighted by Gasteiger charge is -2.00. The van der Waals surface area contributed by atoms with Gasteiger partial charge in [-0.15, -0.1) is 0 Å². The number of imidazole rings is 1. The van der Waals surface area contributed by atoms with Gasteiger partial charge in [-0.05, 0) is 12.1 Å². The fourth-order valence-corrected chi connectivity index (χ4v) is 1.67. The number of pyridine rings is 1. The van der Waals surface area contributed by atoms with E-state index in [1.54, 1.807) is 12.1 Å². The van der Waals surface area contributed by atoms with Crippen molar-refractivity contribution in [1.82, 2.24) is 9.38 Å². The summed E-state index contributed by atoms with van der Waals surface area (Å²) in [5, 5.41) is 18.5. The summed E-state index contributed by atoms with van der Waals surface area (Å²) in [4.78, 5) is 14.8. The van der Waals surface area contributed by atoms with E-state index in [9.17, 15) is 9.90 Å². The maximum atomic E-state index is 10.9. The Balaban J connectivity index is 2.87. The maximum Gasteiger partial charge on any atom is 0.356 e.